The van der Waals surface area contributed by atoms with Crippen LogP contribution in [0, 0.1) is 0 Å². The Morgan fingerprint density at radius 1 is 1.37 bits per heavy atom. The Morgan fingerprint density at radius 3 is 2.59 bits per heavy atom. The van der Waals surface area contributed by atoms with Gasteiger partial charge in [-0.15, -0.1) is 11.3 Å². The lowest BCUT2D eigenvalue weighted by atomic mass is 10.1. The molecule has 0 saturated carbocycles. The van der Waals surface area contributed by atoms with E-state index in [0.717, 1.165) is 11.4 Å². The maximum atomic E-state index is 11.2. The minimum atomic E-state index is -0.429. The number of hydrogen-bond acceptors (Lipinski definition) is 5. The van der Waals surface area contributed by atoms with Gasteiger partial charge in [0.2, 0.25) is 5.91 Å². The molecule has 0 bridgehead atoms. The van der Waals surface area contributed by atoms with E-state index in [1.54, 1.807) is 11.3 Å². The summed E-state index contributed by atoms with van der Waals surface area (Å²) >= 11 is 1.67. The van der Waals surface area contributed by atoms with Gasteiger partial charge in [0, 0.05) is 28.4 Å². The Kier molecular flexibility index (Phi) is 6.51. The third kappa shape index (κ3) is 5.52. The molecule has 3 aromatic heterocycles. The highest BCUT2D eigenvalue weighted by molar-refractivity contribution is 7.09. The summed E-state index contributed by atoms with van der Waals surface area (Å²) in [6.45, 7) is 6.81. The van der Waals surface area contributed by atoms with Gasteiger partial charge in [-0.2, -0.15) is 5.10 Å². The van der Waals surface area contributed by atoms with Crippen LogP contribution in [-0.2, 0) is 28.1 Å². The van der Waals surface area contributed by atoms with Gasteiger partial charge in [-0.3, -0.25) is 9.59 Å². The van der Waals surface area contributed by atoms with Crippen LogP contribution in [-0.4, -0.2) is 36.8 Å². The number of nitrogens with zero attached hydrogens (tertiary/aromatic N) is 4. The summed E-state index contributed by atoms with van der Waals surface area (Å²) in [4.78, 5) is 25.3. The maximum absolute atomic E-state index is 11.2. The van der Waals surface area contributed by atoms with Gasteiger partial charge in [-0.05, 0) is 38.3 Å². The smallest absolute Gasteiger partial charge is 0.290 e. The predicted octanol–water partition coefficient (Wildman–Crippen LogP) is 2.34. The monoisotopic (exact) mass is 389 g/mol. The van der Waals surface area contributed by atoms with Gasteiger partial charge in [0.15, 0.2) is 11.6 Å². The molecule has 0 aliphatic carbocycles. The molecule has 0 aromatic carbocycles. The lowest BCUT2D eigenvalue weighted by molar-refractivity contribution is -0.123. The summed E-state index contributed by atoms with van der Waals surface area (Å²) in [7, 11) is 0. The second kappa shape index (κ2) is 8.63. The van der Waals surface area contributed by atoms with Gasteiger partial charge < -0.3 is 15.4 Å². The van der Waals surface area contributed by atoms with Crippen LogP contribution in [0.5, 0.6) is 0 Å². The van der Waals surface area contributed by atoms with Crippen LogP contribution in [0.15, 0.2) is 36.0 Å². The van der Waals surface area contributed by atoms with Crippen LogP contribution in [0.25, 0.3) is 11.4 Å². The van der Waals surface area contributed by atoms with E-state index in [0.29, 0.717) is 12.4 Å². The minimum absolute atomic E-state index is 0.00704. The van der Waals surface area contributed by atoms with Crippen molar-refractivity contribution in [2.75, 3.05) is 0 Å². The van der Waals surface area contributed by atoms with Gasteiger partial charge in [0.25, 0.3) is 6.47 Å². The van der Waals surface area contributed by atoms with Gasteiger partial charge >= 0.3 is 0 Å². The fourth-order valence-corrected chi connectivity index (χ4v) is 3.13. The quantitative estimate of drug-likeness (QED) is 0.650. The molecule has 0 radical (unpaired) electrons. The van der Waals surface area contributed by atoms with E-state index >= 15 is 0 Å². The molecule has 3 rings (SSSR count). The summed E-state index contributed by atoms with van der Waals surface area (Å²) in [6.07, 6.45) is 4.14. The van der Waals surface area contributed by atoms with Crippen molar-refractivity contribution in [3.8, 4) is 11.4 Å². The van der Waals surface area contributed by atoms with Crippen molar-refractivity contribution in [1.29, 1.82) is 0 Å². The number of primary amides is 1. The zero-order chi connectivity index (χ0) is 20.0. The Labute approximate surface area is 161 Å². The van der Waals surface area contributed by atoms with Gasteiger partial charge in [-0.25, -0.2) is 9.67 Å². The van der Waals surface area contributed by atoms with E-state index in [-0.39, 0.29) is 18.4 Å². The summed E-state index contributed by atoms with van der Waals surface area (Å²) in [5, 5.41) is 13.4. The van der Waals surface area contributed by atoms with Crippen molar-refractivity contribution in [3.05, 3.63) is 46.7 Å². The van der Waals surface area contributed by atoms with Crippen molar-refractivity contribution in [1.82, 2.24) is 19.3 Å². The average Bonchev–Trinajstić information content (AvgIpc) is 3.27. The molecule has 9 heteroatoms. The Balaban J connectivity index is 0.000000817. The molecule has 0 spiro atoms. The van der Waals surface area contributed by atoms with E-state index in [9.17, 15) is 4.79 Å². The Hall–Kier alpha value is -2.94. The number of carbonyl (C=O) groups excluding carboxylic acids is 1. The molecule has 3 heterocycles. The molecule has 0 aliphatic heterocycles. The van der Waals surface area contributed by atoms with E-state index in [2.05, 4.69) is 47.7 Å². The van der Waals surface area contributed by atoms with Crippen molar-refractivity contribution in [3.63, 3.8) is 0 Å². The highest BCUT2D eigenvalue weighted by atomic mass is 32.1. The molecular weight excluding hydrogens is 366 g/mol. The molecule has 0 fully saturated rings. The number of hydrogen-bond donors (Lipinski definition) is 2. The lowest BCUT2D eigenvalue weighted by Crippen LogP contribution is -2.19. The number of carbonyl (C=O) groups is 2. The van der Waals surface area contributed by atoms with Crippen molar-refractivity contribution >= 4 is 23.7 Å². The van der Waals surface area contributed by atoms with Crippen molar-refractivity contribution < 1.29 is 14.7 Å². The van der Waals surface area contributed by atoms with E-state index in [1.165, 1.54) is 4.88 Å². The first-order valence-electron chi connectivity index (χ1n) is 8.25. The molecule has 1 amide bonds. The molecule has 3 aromatic rings. The normalized spacial score (nSPS) is 10.9. The molecule has 3 N–H and O–H groups in total. The molecule has 27 heavy (non-hydrogen) atoms. The molecule has 0 unspecified atom stereocenters. The number of carboxylic acid groups (broad SMARTS) is 1. The zero-order valence-electron chi connectivity index (χ0n) is 15.5. The average molecular weight is 389 g/mol. The Bertz CT molecular complexity index is 891. The maximum Gasteiger partial charge on any atom is 0.290 e. The highest BCUT2D eigenvalue weighted by Crippen LogP contribution is 2.24. The highest BCUT2D eigenvalue weighted by Gasteiger charge is 2.18. The van der Waals surface area contributed by atoms with E-state index < -0.39 is 5.91 Å². The van der Waals surface area contributed by atoms with Crippen LogP contribution in [0.4, 0.5) is 0 Å². The molecule has 8 nitrogen and oxygen atoms in total. The van der Waals surface area contributed by atoms with E-state index in [4.69, 9.17) is 15.6 Å². The molecular formula is C18H23N5O3S. The first-order chi connectivity index (χ1) is 12.7. The largest absolute Gasteiger partial charge is 0.483 e. The Morgan fingerprint density at radius 2 is 2.07 bits per heavy atom. The number of rotatable bonds is 5. The van der Waals surface area contributed by atoms with Gasteiger partial charge in [-0.1, -0.05) is 6.07 Å². The SMILES string of the molecule is CC(C)(C)n1ccc(-c2nc(CC(N)=O)nn2Cc2cccs2)c1.O=CO. The van der Waals surface area contributed by atoms with Gasteiger partial charge in [0.1, 0.15) is 0 Å². The molecule has 144 valence electrons. The lowest BCUT2D eigenvalue weighted by Gasteiger charge is -2.20. The predicted molar refractivity (Wildman–Crippen MR) is 103 cm³/mol. The van der Waals surface area contributed by atoms with Crippen LogP contribution >= 0.6 is 11.3 Å². The topological polar surface area (TPSA) is 116 Å². The fourth-order valence-electron chi connectivity index (χ4n) is 2.44. The fraction of sp³-hybridized carbons (Fsp3) is 0.333. The van der Waals surface area contributed by atoms with Crippen LogP contribution in [0.2, 0.25) is 0 Å². The van der Waals surface area contributed by atoms with Crippen molar-refractivity contribution in [2.45, 2.75) is 39.3 Å². The molecule has 0 aliphatic rings. The summed E-state index contributed by atoms with van der Waals surface area (Å²) < 4.78 is 3.98. The zero-order valence-corrected chi connectivity index (χ0v) is 16.3. The standard InChI is InChI=1S/C17H21N5OS.CH2O2/c1-17(2,3)21-7-6-12(10-21)16-19-15(9-14(18)23)20-22(16)11-13-5-4-8-24-13;2-1-3/h4-8,10H,9,11H2,1-3H3,(H2,18,23);1H,(H,2,3). The molecule has 0 saturated heterocycles. The first-order valence-corrected chi connectivity index (χ1v) is 9.13. The molecule has 0 atom stereocenters. The van der Waals surface area contributed by atoms with E-state index in [1.807, 2.05) is 28.4 Å². The van der Waals surface area contributed by atoms with Crippen LogP contribution < -0.4 is 5.73 Å². The summed E-state index contributed by atoms with van der Waals surface area (Å²) in [5.74, 6) is 0.780. The van der Waals surface area contributed by atoms with Gasteiger partial charge in [0.05, 0.1) is 13.0 Å². The third-order valence-corrected chi connectivity index (χ3v) is 4.52. The first kappa shape index (κ1) is 20.4. The second-order valence-corrected chi connectivity index (χ2v) is 7.85. The van der Waals surface area contributed by atoms with Crippen LogP contribution in [0.3, 0.4) is 0 Å². The van der Waals surface area contributed by atoms with Crippen LogP contribution in [0.1, 0.15) is 31.5 Å². The van der Waals surface area contributed by atoms with Crippen molar-refractivity contribution in [2.24, 2.45) is 5.73 Å². The number of thiophene rings is 1. The second-order valence-electron chi connectivity index (χ2n) is 6.82. The number of amides is 1. The number of nitrogens with two attached hydrogens (primary N) is 1. The summed E-state index contributed by atoms with van der Waals surface area (Å²) in [5.41, 5.74) is 6.26. The minimum Gasteiger partial charge on any atom is -0.483 e. The summed E-state index contributed by atoms with van der Waals surface area (Å²) in [6, 6.07) is 6.09. The third-order valence-electron chi connectivity index (χ3n) is 3.66. The number of aromatic nitrogens is 4.